The topological polar surface area (TPSA) is 0 Å². The van der Waals surface area contributed by atoms with Gasteiger partial charge in [-0.05, 0) is 0 Å². The molecule has 0 amide bonds. The van der Waals surface area contributed by atoms with Gasteiger partial charge in [0.15, 0.2) is 0 Å². The fraction of sp³-hybridized carbons (Fsp3) is 0.125. The molecule has 0 aromatic heterocycles. The number of aryl methyl sites for hydroxylation is 1. The van der Waals surface area contributed by atoms with Crippen molar-refractivity contribution in [1.29, 1.82) is 0 Å². The van der Waals surface area contributed by atoms with Gasteiger partial charge in [-0.3, -0.25) is 0 Å². The van der Waals surface area contributed by atoms with Crippen molar-refractivity contribution in [2.45, 2.75) is 6.92 Å². The van der Waals surface area contributed by atoms with Crippen molar-refractivity contribution in [3.63, 3.8) is 0 Å². The van der Waals surface area contributed by atoms with Gasteiger partial charge in [-0.1, -0.05) is 0 Å². The minimum absolute atomic E-state index is 0.833. The van der Waals surface area contributed by atoms with Gasteiger partial charge < -0.3 is 0 Å². The van der Waals surface area contributed by atoms with Gasteiger partial charge in [0.2, 0.25) is 0 Å². The quantitative estimate of drug-likeness (QED) is 0.507. The molecule has 1 radical (unpaired) electrons. The van der Waals surface area contributed by atoms with E-state index in [1.165, 1.54) is 5.56 Å². The molecular weight excluding hydrogens is 207 g/mol. The first kappa shape index (κ1) is 7.93. The van der Waals surface area contributed by atoms with Crippen LogP contribution in [0.2, 0.25) is 0 Å². The Hall–Kier alpha value is -0.171. The maximum absolute atomic E-state index is 4.95. The molecule has 0 bridgehead atoms. The van der Waals surface area contributed by atoms with Gasteiger partial charge in [0.05, 0.1) is 0 Å². The summed E-state index contributed by atoms with van der Waals surface area (Å²) in [5.41, 5.74) is 2.36. The second kappa shape index (κ2) is 3.29. The summed E-state index contributed by atoms with van der Waals surface area (Å²) in [6.07, 6.45) is 0. The predicted molar refractivity (Wildman–Crippen MR) is 48.6 cm³/mol. The van der Waals surface area contributed by atoms with Crippen LogP contribution >= 0.6 is 12.2 Å². The second-order valence-corrected chi connectivity index (χ2v) is 4.00. The fourth-order valence-corrected chi connectivity index (χ4v) is 1.11. The van der Waals surface area contributed by atoms with Gasteiger partial charge >= 0.3 is 74.3 Å². The van der Waals surface area contributed by atoms with E-state index in [4.69, 9.17) is 12.2 Å². The van der Waals surface area contributed by atoms with Gasteiger partial charge in [0, 0.05) is 0 Å². The summed E-state index contributed by atoms with van der Waals surface area (Å²) in [5.74, 6) is 0. The molecule has 0 heterocycles. The van der Waals surface area contributed by atoms with E-state index in [1.54, 1.807) is 0 Å². The fourth-order valence-electron chi connectivity index (χ4n) is 0.690. The molecule has 1 aromatic rings. The van der Waals surface area contributed by atoms with E-state index in [-0.39, 0.29) is 0 Å². The van der Waals surface area contributed by atoms with Crippen LogP contribution in [0.4, 0.5) is 0 Å². The van der Waals surface area contributed by atoms with Crippen LogP contribution in [-0.2, 0) is 0 Å². The molecule has 0 saturated carbocycles. The van der Waals surface area contributed by atoms with E-state index < -0.39 is 0 Å². The molecule has 1 rings (SSSR count). The third-order valence-corrected chi connectivity index (χ3v) is 2.02. The van der Waals surface area contributed by atoms with Gasteiger partial charge in [0.1, 0.15) is 0 Å². The summed E-state index contributed by atoms with van der Waals surface area (Å²) in [7, 11) is 0. The third kappa shape index (κ3) is 1.91. The molecule has 2 heteroatoms. The molecule has 0 atom stereocenters. The van der Waals surface area contributed by atoms with Crippen molar-refractivity contribution in [3.8, 4) is 0 Å². The first-order chi connectivity index (χ1) is 4.70. The van der Waals surface area contributed by atoms with Crippen LogP contribution in [0.5, 0.6) is 0 Å². The van der Waals surface area contributed by atoms with Crippen molar-refractivity contribution in [2.75, 3.05) is 0 Å². The number of thiocarbonyl (C=S) groups is 1. The molecule has 10 heavy (non-hydrogen) atoms. The summed E-state index contributed by atoms with van der Waals surface area (Å²) < 4.78 is 0.833. The van der Waals surface area contributed by atoms with E-state index in [1.807, 2.05) is 12.1 Å². The molecule has 0 fully saturated rings. The predicted octanol–water partition coefficient (Wildman–Crippen LogP) is 1.84. The zero-order valence-electron chi connectivity index (χ0n) is 5.63. The van der Waals surface area contributed by atoms with Crippen LogP contribution in [-0.4, -0.2) is 19.8 Å². The molecule has 0 unspecified atom stereocenters. The van der Waals surface area contributed by atoms with E-state index >= 15 is 0 Å². The minimum atomic E-state index is 0.833. The van der Waals surface area contributed by atoms with E-state index in [0.717, 1.165) is 9.33 Å². The van der Waals surface area contributed by atoms with Crippen LogP contribution in [0.15, 0.2) is 24.3 Å². The molecule has 0 spiro atoms. The van der Waals surface area contributed by atoms with Crippen molar-refractivity contribution >= 4 is 32.0 Å². The number of benzene rings is 1. The molecule has 0 saturated heterocycles. The Bertz CT molecular complexity index is 238. The van der Waals surface area contributed by atoms with Gasteiger partial charge in [-0.15, -0.1) is 0 Å². The molecule has 0 aliphatic carbocycles. The summed E-state index contributed by atoms with van der Waals surface area (Å²) >= 11 is 7.76. The van der Waals surface area contributed by atoms with Crippen molar-refractivity contribution in [1.82, 2.24) is 0 Å². The number of hydrogen-bond acceptors (Lipinski definition) is 1. The van der Waals surface area contributed by atoms with Gasteiger partial charge in [-0.25, -0.2) is 0 Å². The van der Waals surface area contributed by atoms with Crippen LogP contribution in [0.3, 0.4) is 0 Å². The Morgan fingerprint density at radius 3 is 2.20 bits per heavy atom. The summed E-state index contributed by atoms with van der Waals surface area (Å²) in [4.78, 5) is 0. The first-order valence-corrected chi connectivity index (χ1v) is 4.24. The van der Waals surface area contributed by atoms with Crippen LogP contribution in [0.25, 0.3) is 0 Å². The van der Waals surface area contributed by atoms with Crippen LogP contribution < -0.4 is 0 Å². The number of rotatable bonds is 1. The van der Waals surface area contributed by atoms with Crippen molar-refractivity contribution in [2.24, 2.45) is 0 Å². The first-order valence-electron chi connectivity index (χ1n) is 2.98. The molecule has 1 aromatic carbocycles. The Kier molecular flexibility index (Phi) is 2.61. The Labute approximate surface area is 74.5 Å². The second-order valence-electron chi connectivity index (χ2n) is 2.15. The van der Waals surface area contributed by atoms with Gasteiger partial charge in [0.25, 0.3) is 0 Å². The van der Waals surface area contributed by atoms with E-state index in [0.29, 0.717) is 0 Å². The third-order valence-electron chi connectivity index (χ3n) is 1.29. The zero-order valence-corrected chi connectivity index (χ0v) is 8.16. The molecule has 0 nitrogen and oxygen atoms in total. The Morgan fingerprint density at radius 1 is 1.30 bits per heavy atom. The standard InChI is InChI=1S/C8H7SSe/c1-6-2-4-7(5-3-6)8(9)10/h2-5H,1H3. The average Bonchev–Trinajstić information content (AvgIpc) is 1.88. The monoisotopic (exact) mass is 215 g/mol. The van der Waals surface area contributed by atoms with Crippen LogP contribution in [0, 0.1) is 6.92 Å². The van der Waals surface area contributed by atoms with Gasteiger partial charge in [-0.2, -0.15) is 0 Å². The molecular formula is C8H7SSe. The Balaban J connectivity index is 3.00. The maximum atomic E-state index is 4.95. The van der Waals surface area contributed by atoms with E-state index in [2.05, 4.69) is 35.1 Å². The SMILES string of the molecule is Cc1ccc(C(=S)[Se])cc1. The summed E-state index contributed by atoms with van der Waals surface area (Å²) in [6, 6.07) is 8.15. The van der Waals surface area contributed by atoms with Crippen molar-refractivity contribution in [3.05, 3.63) is 35.4 Å². The Morgan fingerprint density at radius 2 is 1.80 bits per heavy atom. The number of hydrogen-bond donors (Lipinski definition) is 0. The van der Waals surface area contributed by atoms with Crippen molar-refractivity contribution < 1.29 is 0 Å². The molecule has 0 aliphatic heterocycles. The average molecular weight is 214 g/mol. The molecule has 0 N–H and O–H groups in total. The summed E-state index contributed by atoms with van der Waals surface area (Å²) in [6.45, 7) is 2.06. The zero-order chi connectivity index (χ0) is 7.56. The van der Waals surface area contributed by atoms with Crippen LogP contribution in [0.1, 0.15) is 11.1 Å². The molecule has 0 aliphatic rings. The summed E-state index contributed by atoms with van der Waals surface area (Å²) in [5, 5.41) is 0. The normalized spacial score (nSPS) is 9.30. The molecule has 51 valence electrons. The van der Waals surface area contributed by atoms with E-state index in [9.17, 15) is 0 Å².